The van der Waals surface area contributed by atoms with Crippen molar-refractivity contribution in [3.05, 3.63) is 28.2 Å². The number of aliphatic hydroxyl groups is 2. The van der Waals surface area contributed by atoms with Gasteiger partial charge in [0.25, 0.3) is 0 Å². The van der Waals surface area contributed by atoms with Crippen LogP contribution in [0, 0.1) is 0 Å². The van der Waals surface area contributed by atoms with E-state index in [1.807, 2.05) is 6.26 Å². The number of ether oxygens (including phenoxy) is 1. The first-order valence-electron chi connectivity index (χ1n) is 6.52. The number of halogens is 2. The lowest BCUT2D eigenvalue weighted by Crippen LogP contribution is -2.43. The first kappa shape index (κ1) is 18.9. The third-order valence-electron chi connectivity index (χ3n) is 2.67. The molecule has 120 valence electrons. The summed E-state index contributed by atoms with van der Waals surface area (Å²) in [6.45, 7) is 2.61. The van der Waals surface area contributed by atoms with Crippen LogP contribution in [0.5, 0.6) is 5.75 Å². The Bertz CT molecular complexity index is 446. The van der Waals surface area contributed by atoms with E-state index in [9.17, 15) is 10.2 Å². The van der Waals surface area contributed by atoms with E-state index >= 15 is 0 Å². The second-order valence-electron chi connectivity index (χ2n) is 5.10. The van der Waals surface area contributed by atoms with Crippen LogP contribution in [-0.2, 0) is 0 Å². The topological polar surface area (TPSA) is 61.7 Å². The molecule has 1 aromatic carbocycles. The van der Waals surface area contributed by atoms with E-state index in [4.69, 9.17) is 27.9 Å². The van der Waals surface area contributed by atoms with Crippen LogP contribution in [0.4, 0.5) is 0 Å². The molecule has 1 rings (SSSR count). The number of rotatable bonds is 9. The zero-order valence-corrected chi connectivity index (χ0v) is 14.4. The van der Waals surface area contributed by atoms with Crippen molar-refractivity contribution in [1.29, 1.82) is 0 Å². The summed E-state index contributed by atoms with van der Waals surface area (Å²) in [5.41, 5.74) is -0.792. The SMILES string of the molecule is CSCC(C)(O)CNCC(O)COc1ccc(Cl)cc1Cl. The molecule has 0 saturated heterocycles. The molecule has 1 aromatic rings. The normalized spacial score (nSPS) is 15.5. The van der Waals surface area contributed by atoms with Gasteiger partial charge in [-0.25, -0.2) is 0 Å². The Kier molecular flexibility index (Phi) is 8.16. The number of thioether (sulfide) groups is 1. The highest BCUT2D eigenvalue weighted by atomic mass is 35.5. The van der Waals surface area contributed by atoms with Crippen LogP contribution < -0.4 is 10.1 Å². The predicted octanol–water partition coefficient (Wildman–Crippen LogP) is 2.44. The summed E-state index contributed by atoms with van der Waals surface area (Å²) in [6, 6.07) is 4.92. The van der Waals surface area contributed by atoms with E-state index in [0.29, 0.717) is 34.6 Å². The Morgan fingerprint density at radius 3 is 2.76 bits per heavy atom. The Labute approximate surface area is 139 Å². The Morgan fingerprint density at radius 2 is 2.14 bits per heavy atom. The van der Waals surface area contributed by atoms with Crippen LogP contribution in [0.15, 0.2) is 18.2 Å². The number of benzene rings is 1. The Hall–Kier alpha value is -0.170. The van der Waals surface area contributed by atoms with Gasteiger partial charge in [0, 0.05) is 23.9 Å². The van der Waals surface area contributed by atoms with Crippen molar-refractivity contribution in [3.8, 4) is 5.75 Å². The van der Waals surface area contributed by atoms with Gasteiger partial charge in [-0.15, -0.1) is 0 Å². The molecule has 0 radical (unpaired) electrons. The van der Waals surface area contributed by atoms with E-state index in [-0.39, 0.29) is 6.61 Å². The molecule has 4 nitrogen and oxygen atoms in total. The Balaban J connectivity index is 2.29. The third-order valence-corrected chi connectivity index (χ3v) is 4.11. The highest BCUT2D eigenvalue weighted by Crippen LogP contribution is 2.27. The zero-order valence-electron chi connectivity index (χ0n) is 12.1. The van der Waals surface area contributed by atoms with E-state index in [2.05, 4.69) is 5.32 Å². The van der Waals surface area contributed by atoms with E-state index in [0.717, 1.165) is 0 Å². The van der Waals surface area contributed by atoms with Crippen LogP contribution >= 0.6 is 35.0 Å². The second kappa shape index (κ2) is 9.08. The van der Waals surface area contributed by atoms with Crippen molar-refractivity contribution in [2.24, 2.45) is 0 Å². The zero-order chi connectivity index (χ0) is 15.9. The van der Waals surface area contributed by atoms with Crippen molar-refractivity contribution < 1.29 is 14.9 Å². The van der Waals surface area contributed by atoms with Gasteiger partial charge in [0.15, 0.2) is 0 Å². The number of aliphatic hydroxyl groups excluding tert-OH is 1. The van der Waals surface area contributed by atoms with E-state index in [1.165, 1.54) is 0 Å². The lowest BCUT2D eigenvalue weighted by atomic mass is 10.1. The molecular formula is C14H21Cl2NO3S. The number of nitrogens with one attached hydrogen (secondary N) is 1. The molecule has 0 aliphatic heterocycles. The molecule has 0 aliphatic carbocycles. The van der Waals surface area contributed by atoms with Crippen molar-refractivity contribution in [2.75, 3.05) is 31.7 Å². The minimum Gasteiger partial charge on any atom is -0.489 e. The summed E-state index contributed by atoms with van der Waals surface area (Å²) in [5.74, 6) is 1.11. The highest BCUT2D eigenvalue weighted by molar-refractivity contribution is 7.98. The summed E-state index contributed by atoms with van der Waals surface area (Å²) in [4.78, 5) is 0. The van der Waals surface area contributed by atoms with Crippen molar-refractivity contribution in [3.63, 3.8) is 0 Å². The van der Waals surface area contributed by atoms with Crippen LogP contribution in [-0.4, -0.2) is 53.6 Å². The minimum atomic E-state index is -0.792. The van der Waals surface area contributed by atoms with Gasteiger partial charge in [0.2, 0.25) is 0 Å². The monoisotopic (exact) mass is 353 g/mol. The van der Waals surface area contributed by atoms with Crippen molar-refractivity contribution >= 4 is 35.0 Å². The van der Waals surface area contributed by atoms with E-state index in [1.54, 1.807) is 36.9 Å². The minimum absolute atomic E-state index is 0.110. The molecule has 0 aliphatic rings. The first-order chi connectivity index (χ1) is 9.84. The molecule has 0 heterocycles. The van der Waals surface area contributed by atoms with Gasteiger partial charge in [-0.3, -0.25) is 0 Å². The fourth-order valence-electron chi connectivity index (χ4n) is 1.71. The molecule has 2 unspecified atom stereocenters. The fourth-order valence-corrected chi connectivity index (χ4v) is 2.89. The molecule has 0 spiro atoms. The quantitative estimate of drug-likeness (QED) is 0.636. The van der Waals surface area contributed by atoms with Gasteiger partial charge in [0.1, 0.15) is 18.5 Å². The van der Waals surface area contributed by atoms with Crippen LogP contribution in [0.25, 0.3) is 0 Å². The highest BCUT2D eigenvalue weighted by Gasteiger charge is 2.19. The number of hydrogen-bond acceptors (Lipinski definition) is 5. The smallest absolute Gasteiger partial charge is 0.138 e. The molecule has 2 atom stereocenters. The van der Waals surface area contributed by atoms with Gasteiger partial charge < -0.3 is 20.3 Å². The largest absolute Gasteiger partial charge is 0.489 e. The summed E-state index contributed by atoms with van der Waals surface area (Å²) < 4.78 is 5.44. The Morgan fingerprint density at radius 1 is 1.43 bits per heavy atom. The van der Waals surface area contributed by atoms with Gasteiger partial charge in [-0.2, -0.15) is 11.8 Å². The average Bonchev–Trinajstić information content (AvgIpc) is 2.37. The molecule has 7 heteroatoms. The molecule has 0 amide bonds. The standard InChI is InChI=1S/C14H21Cl2NO3S/c1-14(19,9-21-2)8-17-6-11(18)7-20-13-4-3-10(15)5-12(13)16/h3-5,11,17-19H,6-9H2,1-2H3. The molecule has 3 N–H and O–H groups in total. The third kappa shape index (κ3) is 7.58. The predicted molar refractivity (Wildman–Crippen MR) is 89.8 cm³/mol. The first-order valence-corrected chi connectivity index (χ1v) is 8.67. The van der Waals surface area contributed by atoms with Crippen LogP contribution in [0.2, 0.25) is 10.0 Å². The maximum absolute atomic E-state index is 9.97. The van der Waals surface area contributed by atoms with Gasteiger partial charge >= 0.3 is 0 Å². The molecule has 0 saturated carbocycles. The summed E-state index contributed by atoms with van der Waals surface area (Å²) in [5, 5.41) is 23.8. The maximum Gasteiger partial charge on any atom is 0.138 e. The van der Waals surface area contributed by atoms with Crippen molar-refractivity contribution in [2.45, 2.75) is 18.6 Å². The fraction of sp³-hybridized carbons (Fsp3) is 0.571. The van der Waals surface area contributed by atoms with Crippen LogP contribution in [0.3, 0.4) is 0 Å². The molecule has 0 fully saturated rings. The summed E-state index contributed by atoms with van der Waals surface area (Å²) in [7, 11) is 0. The van der Waals surface area contributed by atoms with Gasteiger partial charge in [0.05, 0.1) is 10.6 Å². The number of hydrogen-bond donors (Lipinski definition) is 3. The maximum atomic E-state index is 9.97. The summed E-state index contributed by atoms with van der Waals surface area (Å²) >= 11 is 13.3. The molecular weight excluding hydrogens is 333 g/mol. The van der Waals surface area contributed by atoms with Gasteiger partial charge in [-0.1, -0.05) is 23.2 Å². The molecule has 0 aromatic heterocycles. The lowest BCUT2D eigenvalue weighted by molar-refractivity contribution is 0.0701. The molecule has 21 heavy (non-hydrogen) atoms. The van der Waals surface area contributed by atoms with Crippen molar-refractivity contribution in [1.82, 2.24) is 5.32 Å². The summed E-state index contributed by atoms with van der Waals surface area (Å²) in [6.07, 6.45) is 1.24. The second-order valence-corrected chi connectivity index (χ2v) is 6.81. The lowest BCUT2D eigenvalue weighted by Gasteiger charge is -2.23. The average molecular weight is 354 g/mol. The van der Waals surface area contributed by atoms with E-state index < -0.39 is 11.7 Å². The van der Waals surface area contributed by atoms with Gasteiger partial charge in [-0.05, 0) is 31.4 Å². The van der Waals surface area contributed by atoms with Crippen LogP contribution in [0.1, 0.15) is 6.92 Å². The molecule has 0 bridgehead atoms.